The van der Waals surface area contributed by atoms with Crippen LogP contribution < -0.4 is 10.9 Å². The lowest BCUT2D eigenvalue weighted by Gasteiger charge is -2.25. The van der Waals surface area contributed by atoms with Gasteiger partial charge in [0.25, 0.3) is 0 Å². The standard InChI is InChI=1S/C26H34O6S2/c1-25(2,11-17-13-31-15-21(27)23(17)29)9-7-19(33)5-6-20(34)8-10-26(3,4)12-18-14-32-16-22(28)24(18)30/h13-16,27-28H,5-12H2,1-4H3. The Balaban J connectivity index is 1.76. The van der Waals surface area contributed by atoms with Crippen molar-refractivity contribution in [2.75, 3.05) is 0 Å². The summed E-state index contributed by atoms with van der Waals surface area (Å²) in [4.78, 5) is 26.0. The first-order valence-electron chi connectivity index (χ1n) is 11.4. The molecule has 0 fully saturated rings. The van der Waals surface area contributed by atoms with Crippen LogP contribution in [0.25, 0.3) is 0 Å². The van der Waals surface area contributed by atoms with Crippen molar-refractivity contribution in [3.63, 3.8) is 0 Å². The molecule has 6 nitrogen and oxygen atoms in total. The number of aromatic hydroxyl groups is 2. The molecule has 0 unspecified atom stereocenters. The lowest BCUT2D eigenvalue weighted by molar-refractivity contribution is 0.331. The Morgan fingerprint density at radius 2 is 1.06 bits per heavy atom. The van der Waals surface area contributed by atoms with Crippen LogP contribution in [-0.2, 0) is 12.8 Å². The molecule has 2 N–H and O–H groups in total. The molecule has 0 radical (unpaired) electrons. The lowest BCUT2D eigenvalue weighted by Crippen LogP contribution is -2.21. The normalized spacial score (nSPS) is 12.0. The molecule has 2 aromatic rings. The van der Waals surface area contributed by atoms with Crippen LogP contribution in [0.5, 0.6) is 11.5 Å². The maximum absolute atomic E-state index is 12.0. The predicted molar refractivity (Wildman–Crippen MR) is 141 cm³/mol. The van der Waals surface area contributed by atoms with Gasteiger partial charge in [-0.3, -0.25) is 9.59 Å². The minimum atomic E-state index is -0.389. The van der Waals surface area contributed by atoms with Crippen molar-refractivity contribution in [2.24, 2.45) is 10.8 Å². The molecule has 0 aliphatic heterocycles. The van der Waals surface area contributed by atoms with E-state index < -0.39 is 0 Å². The molecule has 0 spiro atoms. The largest absolute Gasteiger partial charge is 0.502 e. The van der Waals surface area contributed by atoms with Crippen LogP contribution in [-0.4, -0.2) is 19.9 Å². The third-order valence-electron chi connectivity index (χ3n) is 6.01. The van der Waals surface area contributed by atoms with Crippen LogP contribution in [0.4, 0.5) is 0 Å². The summed E-state index contributed by atoms with van der Waals surface area (Å²) in [6.07, 6.45) is 10.5. The summed E-state index contributed by atoms with van der Waals surface area (Å²) >= 11 is 11.1. The van der Waals surface area contributed by atoms with Crippen molar-refractivity contribution in [1.29, 1.82) is 0 Å². The van der Waals surface area contributed by atoms with Crippen molar-refractivity contribution < 1.29 is 19.0 Å². The molecule has 2 aromatic heterocycles. The fourth-order valence-electron chi connectivity index (χ4n) is 3.84. The van der Waals surface area contributed by atoms with Crippen LogP contribution in [0.3, 0.4) is 0 Å². The summed E-state index contributed by atoms with van der Waals surface area (Å²) in [6, 6.07) is 0. The van der Waals surface area contributed by atoms with Crippen LogP contribution in [0.2, 0.25) is 0 Å². The van der Waals surface area contributed by atoms with Gasteiger partial charge in [-0.05, 0) is 71.9 Å². The average Bonchev–Trinajstić information content (AvgIpc) is 2.76. The van der Waals surface area contributed by atoms with E-state index in [-0.39, 0.29) is 33.2 Å². The minimum absolute atomic E-state index is 0.171. The van der Waals surface area contributed by atoms with E-state index >= 15 is 0 Å². The number of thiocarbonyl (C=S) groups is 2. The monoisotopic (exact) mass is 506 g/mol. The summed E-state index contributed by atoms with van der Waals surface area (Å²) in [5, 5.41) is 19.1. The van der Waals surface area contributed by atoms with Gasteiger partial charge in [0.1, 0.15) is 12.5 Å². The van der Waals surface area contributed by atoms with E-state index in [0.29, 0.717) is 24.0 Å². The van der Waals surface area contributed by atoms with Gasteiger partial charge in [0.05, 0.1) is 12.5 Å². The highest BCUT2D eigenvalue weighted by Crippen LogP contribution is 2.29. The number of hydrogen-bond donors (Lipinski definition) is 2. The number of rotatable bonds is 13. The second kappa shape index (κ2) is 11.9. The smallest absolute Gasteiger partial charge is 0.229 e. The van der Waals surface area contributed by atoms with Gasteiger partial charge in [0.2, 0.25) is 10.9 Å². The van der Waals surface area contributed by atoms with E-state index in [1.165, 1.54) is 12.5 Å². The van der Waals surface area contributed by atoms with Crippen molar-refractivity contribution in [3.05, 3.63) is 56.6 Å². The minimum Gasteiger partial charge on any atom is -0.502 e. The van der Waals surface area contributed by atoms with Gasteiger partial charge in [-0.25, -0.2) is 0 Å². The quantitative estimate of drug-likeness (QED) is 0.323. The zero-order valence-corrected chi connectivity index (χ0v) is 21.9. The van der Waals surface area contributed by atoms with E-state index in [1.807, 2.05) is 0 Å². The fraction of sp³-hybridized carbons (Fsp3) is 0.538. The van der Waals surface area contributed by atoms with Gasteiger partial charge in [-0.2, -0.15) is 0 Å². The van der Waals surface area contributed by atoms with Crippen molar-refractivity contribution in [1.82, 2.24) is 0 Å². The van der Waals surface area contributed by atoms with Gasteiger partial charge in [0, 0.05) is 11.1 Å². The van der Waals surface area contributed by atoms with E-state index in [9.17, 15) is 19.8 Å². The molecule has 8 heteroatoms. The predicted octanol–water partition coefficient (Wildman–Crippen LogP) is 5.92. The SMILES string of the molecule is CC(C)(CCC(=S)CCC(=S)CCC(C)(C)Cc1cocc(O)c1=O)Cc1cocc(O)c1=O. The Bertz CT molecular complexity index is 1040. The molecular formula is C26H34O6S2. The van der Waals surface area contributed by atoms with Crippen LogP contribution in [0.15, 0.2) is 43.5 Å². The lowest BCUT2D eigenvalue weighted by atomic mass is 9.80. The van der Waals surface area contributed by atoms with Gasteiger partial charge in [0.15, 0.2) is 11.5 Å². The second-order valence-electron chi connectivity index (χ2n) is 10.5. The molecule has 0 atom stereocenters. The Morgan fingerprint density at radius 1 is 0.706 bits per heavy atom. The third kappa shape index (κ3) is 8.80. The van der Waals surface area contributed by atoms with E-state index in [4.69, 9.17) is 33.3 Å². The van der Waals surface area contributed by atoms with Gasteiger partial charge in [-0.15, -0.1) is 0 Å². The molecular weight excluding hydrogens is 472 g/mol. The summed E-state index contributed by atoms with van der Waals surface area (Å²) in [5.41, 5.74) is -0.197. The molecule has 0 aliphatic carbocycles. The summed E-state index contributed by atoms with van der Waals surface area (Å²) in [7, 11) is 0. The maximum Gasteiger partial charge on any atom is 0.229 e. The van der Waals surface area contributed by atoms with Crippen LogP contribution in [0, 0.1) is 10.8 Å². The Morgan fingerprint density at radius 3 is 1.41 bits per heavy atom. The topological polar surface area (TPSA) is 101 Å². The van der Waals surface area contributed by atoms with Gasteiger partial charge in [-0.1, -0.05) is 52.1 Å². The number of hydrogen-bond acceptors (Lipinski definition) is 8. The molecule has 0 saturated carbocycles. The molecule has 0 aromatic carbocycles. The summed E-state index contributed by atoms with van der Waals surface area (Å²) in [6.45, 7) is 8.27. The van der Waals surface area contributed by atoms with Crippen molar-refractivity contribution in [3.8, 4) is 11.5 Å². The molecule has 186 valence electrons. The first kappa shape index (κ1) is 27.9. The highest BCUT2D eigenvalue weighted by molar-refractivity contribution is 7.80. The molecule has 0 amide bonds. The maximum atomic E-state index is 12.0. The molecule has 0 bridgehead atoms. The van der Waals surface area contributed by atoms with Gasteiger partial charge < -0.3 is 19.0 Å². The van der Waals surface area contributed by atoms with E-state index in [0.717, 1.165) is 60.8 Å². The fourth-order valence-corrected chi connectivity index (χ4v) is 4.25. The van der Waals surface area contributed by atoms with Gasteiger partial charge >= 0.3 is 0 Å². The first-order chi connectivity index (χ1) is 15.8. The first-order valence-corrected chi connectivity index (χ1v) is 12.2. The Labute approximate surface area is 211 Å². The van der Waals surface area contributed by atoms with Crippen molar-refractivity contribution in [2.45, 2.75) is 79.1 Å². The summed E-state index contributed by atoms with van der Waals surface area (Å²) in [5.74, 6) is -0.739. The Kier molecular flexibility index (Phi) is 9.76. The van der Waals surface area contributed by atoms with E-state index in [1.54, 1.807) is 0 Å². The average molecular weight is 507 g/mol. The van der Waals surface area contributed by atoms with Crippen LogP contribution in [0.1, 0.15) is 77.3 Å². The highest BCUT2D eigenvalue weighted by Gasteiger charge is 2.23. The zero-order chi connectivity index (χ0) is 25.5. The second-order valence-corrected chi connectivity index (χ2v) is 11.6. The Hall–Kier alpha value is -2.32. The van der Waals surface area contributed by atoms with Crippen LogP contribution >= 0.6 is 24.4 Å². The van der Waals surface area contributed by atoms with Crippen molar-refractivity contribution >= 4 is 34.2 Å². The zero-order valence-electron chi connectivity index (χ0n) is 20.3. The molecule has 2 rings (SSSR count). The summed E-state index contributed by atoms with van der Waals surface area (Å²) < 4.78 is 10.1. The molecule has 0 saturated heterocycles. The molecule has 0 aliphatic rings. The molecule has 2 heterocycles. The highest BCUT2D eigenvalue weighted by atomic mass is 32.1. The third-order valence-corrected chi connectivity index (χ3v) is 6.83. The molecule has 34 heavy (non-hydrogen) atoms. The van der Waals surface area contributed by atoms with E-state index in [2.05, 4.69) is 27.7 Å².